The number of unbranched alkanes of at least 4 members (excludes halogenated alkanes) is 4. The van der Waals surface area contributed by atoms with Gasteiger partial charge in [-0.3, -0.25) is 19.0 Å². The molecule has 5 nitrogen and oxygen atoms in total. The Morgan fingerprint density at radius 2 is 1.74 bits per heavy atom. The molecule has 1 heterocycles. The number of hydrogen-bond donors (Lipinski definition) is 1. The number of halogens is 1. The Morgan fingerprint density at radius 1 is 1.04 bits per heavy atom. The number of benzene rings is 1. The van der Waals surface area contributed by atoms with E-state index in [0.717, 1.165) is 30.3 Å². The number of pyridine rings is 1. The summed E-state index contributed by atoms with van der Waals surface area (Å²) >= 11 is 5.99. The third kappa shape index (κ3) is 6.07. The van der Waals surface area contributed by atoms with E-state index >= 15 is 0 Å². The normalized spacial score (nSPS) is 11.8. The third-order valence-corrected chi connectivity index (χ3v) is 4.54. The van der Waals surface area contributed by atoms with E-state index in [1.54, 1.807) is 30.3 Å². The van der Waals surface area contributed by atoms with Gasteiger partial charge in [0.15, 0.2) is 11.8 Å². The Hall–Kier alpha value is -2.40. The number of ketones is 1. The molecule has 27 heavy (non-hydrogen) atoms. The smallest absolute Gasteiger partial charge is 0.251 e. The summed E-state index contributed by atoms with van der Waals surface area (Å²) < 4.78 is 1.10. The zero-order valence-corrected chi connectivity index (χ0v) is 16.2. The van der Waals surface area contributed by atoms with Gasteiger partial charge in [-0.2, -0.15) is 0 Å². The van der Waals surface area contributed by atoms with Crippen molar-refractivity contribution in [3.8, 4) is 0 Å². The number of aromatic nitrogens is 1. The summed E-state index contributed by atoms with van der Waals surface area (Å²) in [7, 11) is 0. The van der Waals surface area contributed by atoms with Crippen LogP contribution in [0.25, 0.3) is 0 Å². The fraction of sp³-hybridized carbons (Fsp3) is 0.381. The van der Waals surface area contributed by atoms with Crippen molar-refractivity contribution in [3.63, 3.8) is 0 Å². The lowest BCUT2D eigenvalue weighted by Crippen LogP contribution is -2.41. The topological polar surface area (TPSA) is 68.2 Å². The standard InChI is InChI=1S/C21H25ClN2O3/c1-2-3-4-5-9-14-23-21(27)19(20(26)16-10-7-6-8-11-16)24-15-17(22)12-13-18(24)25/h6-8,10-13,15,19H,2-5,9,14H2,1H3,(H,23,27). The highest BCUT2D eigenvalue weighted by molar-refractivity contribution is 6.30. The van der Waals surface area contributed by atoms with Gasteiger partial charge in [-0.15, -0.1) is 0 Å². The Kier molecular flexibility index (Phi) is 8.27. The lowest BCUT2D eigenvalue weighted by atomic mass is 10.0. The van der Waals surface area contributed by atoms with Gasteiger partial charge in [0.05, 0.1) is 5.02 Å². The second kappa shape index (κ2) is 10.7. The van der Waals surface area contributed by atoms with E-state index in [0.29, 0.717) is 12.1 Å². The molecule has 1 aromatic carbocycles. The molecule has 0 fully saturated rings. The fourth-order valence-electron chi connectivity index (χ4n) is 2.85. The van der Waals surface area contributed by atoms with Crippen LogP contribution in [0.3, 0.4) is 0 Å². The highest BCUT2D eigenvalue weighted by atomic mass is 35.5. The summed E-state index contributed by atoms with van der Waals surface area (Å²) in [5.41, 5.74) is -0.0840. The molecule has 1 unspecified atom stereocenters. The molecule has 2 rings (SSSR count). The van der Waals surface area contributed by atoms with Crippen LogP contribution in [0, 0.1) is 0 Å². The minimum Gasteiger partial charge on any atom is -0.354 e. The Morgan fingerprint density at radius 3 is 2.44 bits per heavy atom. The predicted molar refractivity (Wildman–Crippen MR) is 107 cm³/mol. The van der Waals surface area contributed by atoms with Gasteiger partial charge in [-0.05, 0) is 12.5 Å². The molecule has 6 heteroatoms. The summed E-state index contributed by atoms with van der Waals surface area (Å²) in [4.78, 5) is 38.0. The average Bonchev–Trinajstić information content (AvgIpc) is 2.68. The number of nitrogens with zero attached hydrogens (tertiary/aromatic N) is 1. The van der Waals surface area contributed by atoms with Crippen molar-refractivity contribution >= 4 is 23.3 Å². The van der Waals surface area contributed by atoms with Crippen LogP contribution in [0.1, 0.15) is 55.4 Å². The number of nitrogens with one attached hydrogen (secondary N) is 1. The minimum absolute atomic E-state index is 0.285. The lowest BCUT2D eigenvalue weighted by Gasteiger charge is -2.19. The molecule has 0 saturated carbocycles. The zero-order valence-electron chi connectivity index (χ0n) is 15.5. The number of hydrogen-bond acceptors (Lipinski definition) is 3. The molecule has 2 aromatic rings. The second-order valence-electron chi connectivity index (χ2n) is 6.43. The molecular weight excluding hydrogens is 364 g/mol. The summed E-state index contributed by atoms with van der Waals surface area (Å²) in [6.45, 7) is 2.61. The van der Waals surface area contributed by atoms with Gasteiger partial charge < -0.3 is 5.32 Å². The highest BCUT2D eigenvalue weighted by Gasteiger charge is 2.30. The van der Waals surface area contributed by atoms with Gasteiger partial charge in [-0.25, -0.2) is 0 Å². The monoisotopic (exact) mass is 388 g/mol. The maximum absolute atomic E-state index is 13.0. The number of carbonyl (C=O) groups is 2. The molecule has 1 atom stereocenters. The van der Waals surface area contributed by atoms with Gasteiger partial charge >= 0.3 is 0 Å². The van der Waals surface area contributed by atoms with Crippen molar-refractivity contribution in [2.24, 2.45) is 0 Å². The van der Waals surface area contributed by atoms with Gasteiger partial charge in [-0.1, -0.05) is 74.5 Å². The highest BCUT2D eigenvalue weighted by Crippen LogP contribution is 2.16. The van der Waals surface area contributed by atoms with Crippen LogP contribution < -0.4 is 10.9 Å². The summed E-state index contributed by atoms with van der Waals surface area (Å²) in [5, 5.41) is 3.08. The summed E-state index contributed by atoms with van der Waals surface area (Å²) in [6, 6.07) is 9.89. The van der Waals surface area contributed by atoms with E-state index < -0.39 is 23.3 Å². The van der Waals surface area contributed by atoms with Crippen LogP contribution in [-0.2, 0) is 4.79 Å². The van der Waals surface area contributed by atoms with Crippen LogP contribution in [0.5, 0.6) is 0 Å². The van der Waals surface area contributed by atoms with Crippen molar-refractivity contribution in [1.29, 1.82) is 0 Å². The quantitative estimate of drug-likeness (QED) is 0.380. The molecular formula is C21H25ClN2O3. The van der Waals surface area contributed by atoms with Gasteiger partial charge in [0.25, 0.3) is 11.5 Å². The van der Waals surface area contributed by atoms with Crippen molar-refractivity contribution in [3.05, 3.63) is 69.6 Å². The van der Waals surface area contributed by atoms with Gasteiger partial charge in [0.2, 0.25) is 0 Å². The summed E-state index contributed by atoms with van der Waals surface area (Å²) in [5.74, 6) is -0.938. The van der Waals surface area contributed by atoms with E-state index in [2.05, 4.69) is 12.2 Å². The van der Waals surface area contributed by atoms with Gasteiger partial charge in [0.1, 0.15) is 0 Å². The van der Waals surface area contributed by atoms with E-state index in [4.69, 9.17) is 11.6 Å². The molecule has 144 valence electrons. The van der Waals surface area contributed by atoms with E-state index in [9.17, 15) is 14.4 Å². The van der Waals surface area contributed by atoms with Crippen LogP contribution in [-0.4, -0.2) is 22.8 Å². The van der Waals surface area contributed by atoms with Crippen LogP contribution in [0.4, 0.5) is 0 Å². The molecule has 1 amide bonds. The fourth-order valence-corrected chi connectivity index (χ4v) is 3.02. The maximum Gasteiger partial charge on any atom is 0.251 e. The number of carbonyl (C=O) groups excluding carboxylic acids is 2. The predicted octanol–water partition coefficient (Wildman–Crippen LogP) is 4.01. The Balaban J connectivity index is 2.19. The maximum atomic E-state index is 13.0. The van der Waals surface area contributed by atoms with E-state index in [-0.39, 0.29) is 5.02 Å². The molecule has 0 saturated heterocycles. The van der Waals surface area contributed by atoms with E-state index in [1.165, 1.54) is 24.8 Å². The molecule has 0 spiro atoms. The Bertz CT molecular complexity index is 818. The molecule has 0 aliphatic rings. The third-order valence-electron chi connectivity index (χ3n) is 4.31. The first kappa shape index (κ1) is 20.9. The SMILES string of the molecule is CCCCCCCNC(=O)C(C(=O)c1ccccc1)n1cc(Cl)ccc1=O. The van der Waals surface area contributed by atoms with Crippen LogP contribution in [0.2, 0.25) is 5.02 Å². The second-order valence-corrected chi connectivity index (χ2v) is 6.87. The van der Waals surface area contributed by atoms with Crippen molar-refractivity contribution < 1.29 is 9.59 Å². The largest absolute Gasteiger partial charge is 0.354 e. The first-order chi connectivity index (χ1) is 13.0. The molecule has 0 aliphatic carbocycles. The zero-order chi connectivity index (χ0) is 19.6. The van der Waals surface area contributed by atoms with Crippen molar-refractivity contribution in [2.45, 2.75) is 45.1 Å². The van der Waals surface area contributed by atoms with E-state index in [1.807, 2.05) is 0 Å². The average molecular weight is 389 g/mol. The summed E-state index contributed by atoms with van der Waals surface area (Å²) in [6.07, 6.45) is 6.62. The molecule has 0 radical (unpaired) electrons. The number of rotatable bonds is 10. The molecule has 0 aliphatic heterocycles. The van der Waals surface area contributed by atoms with Crippen molar-refractivity contribution in [2.75, 3.05) is 6.54 Å². The van der Waals surface area contributed by atoms with Gasteiger partial charge in [0, 0.05) is 24.4 Å². The molecule has 1 N–H and O–H groups in total. The Labute approximate surface area is 164 Å². The van der Waals surface area contributed by atoms with Crippen molar-refractivity contribution in [1.82, 2.24) is 9.88 Å². The first-order valence-electron chi connectivity index (χ1n) is 9.29. The molecule has 1 aromatic heterocycles. The number of amides is 1. The first-order valence-corrected chi connectivity index (χ1v) is 9.67. The lowest BCUT2D eigenvalue weighted by molar-refractivity contribution is -0.123. The van der Waals surface area contributed by atoms with Crippen LogP contribution >= 0.6 is 11.6 Å². The van der Waals surface area contributed by atoms with Crippen LogP contribution in [0.15, 0.2) is 53.5 Å². The number of Topliss-reactive ketones (excluding diaryl/α,β-unsaturated/α-hetero) is 1. The molecule has 0 bridgehead atoms. The minimum atomic E-state index is -1.28.